The van der Waals surface area contributed by atoms with Gasteiger partial charge in [0.25, 0.3) is 5.91 Å². The highest BCUT2D eigenvalue weighted by atomic mass is 16.5. The number of aromatic nitrogens is 4. The Bertz CT molecular complexity index is 1320. The number of nitrogens with one attached hydrogen (secondary N) is 2. The summed E-state index contributed by atoms with van der Waals surface area (Å²) in [6.45, 7) is 2.00. The maximum Gasteiger partial charge on any atom is 0.294 e. The number of oxazole rings is 1. The highest BCUT2D eigenvalue weighted by molar-refractivity contribution is 6.02. The normalized spacial score (nSPS) is 11.1. The van der Waals surface area contributed by atoms with E-state index in [1.54, 1.807) is 12.3 Å². The van der Waals surface area contributed by atoms with Crippen molar-refractivity contribution in [2.45, 2.75) is 6.92 Å². The lowest BCUT2D eigenvalue weighted by Crippen LogP contribution is -2.10. The van der Waals surface area contributed by atoms with E-state index in [9.17, 15) is 4.79 Å². The number of amides is 1. The summed E-state index contributed by atoms with van der Waals surface area (Å²) in [6, 6.07) is 14.7. The number of carbonyl (C=O) groups excluding carboxylic acids is 1. The molecule has 0 bridgehead atoms. The lowest BCUT2D eigenvalue weighted by Gasteiger charge is -2.06. The molecule has 1 amide bonds. The quantitative estimate of drug-likeness (QED) is 0.473. The molecule has 0 unspecified atom stereocenters. The van der Waals surface area contributed by atoms with Crippen LogP contribution in [0, 0.1) is 6.92 Å². The minimum atomic E-state index is -0.376. The van der Waals surface area contributed by atoms with Crippen molar-refractivity contribution in [2.75, 3.05) is 5.32 Å². The van der Waals surface area contributed by atoms with Crippen LogP contribution in [-0.4, -0.2) is 26.2 Å². The predicted octanol–water partition coefficient (Wildman–Crippen LogP) is 4.43. The average molecular weight is 385 g/mol. The first kappa shape index (κ1) is 16.9. The first-order valence-electron chi connectivity index (χ1n) is 8.91. The summed E-state index contributed by atoms with van der Waals surface area (Å²) in [6.07, 6.45) is 3.09. The van der Waals surface area contributed by atoms with Crippen LogP contribution in [-0.2, 0) is 0 Å². The van der Waals surface area contributed by atoms with Gasteiger partial charge in [0.1, 0.15) is 5.52 Å². The molecule has 2 aromatic carbocycles. The van der Waals surface area contributed by atoms with Crippen LogP contribution >= 0.6 is 0 Å². The molecule has 3 heterocycles. The summed E-state index contributed by atoms with van der Waals surface area (Å²) in [5.41, 5.74) is 5.51. The Labute approximate surface area is 164 Å². The lowest BCUT2D eigenvalue weighted by molar-refractivity contribution is 0.0988. The molecule has 5 aromatic rings. The molecule has 8 heteroatoms. The number of rotatable bonds is 4. The molecule has 142 valence electrons. The summed E-state index contributed by atoms with van der Waals surface area (Å²) in [5.74, 6) is 0.239. The van der Waals surface area contributed by atoms with Gasteiger partial charge in [0.05, 0.1) is 23.7 Å². The van der Waals surface area contributed by atoms with Crippen molar-refractivity contribution in [3.8, 4) is 22.7 Å². The molecule has 0 saturated carbocycles. The summed E-state index contributed by atoms with van der Waals surface area (Å²) in [5, 5.41) is 13.5. The van der Waals surface area contributed by atoms with E-state index in [0.717, 1.165) is 33.5 Å². The van der Waals surface area contributed by atoms with E-state index in [2.05, 4.69) is 25.7 Å². The molecule has 29 heavy (non-hydrogen) atoms. The summed E-state index contributed by atoms with van der Waals surface area (Å²) < 4.78 is 10.8. The van der Waals surface area contributed by atoms with Crippen LogP contribution in [0.2, 0.25) is 0 Å². The largest absolute Gasteiger partial charge is 0.436 e. The Morgan fingerprint density at radius 1 is 1.14 bits per heavy atom. The topological polar surface area (TPSA) is 110 Å². The highest BCUT2D eigenvalue weighted by Gasteiger charge is 2.17. The van der Waals surface area contributed by atoms with Gasteiger partial charge in [0.2, 0.25) is 11.7 Å². The third-order valence-electron chi connectivity index (χ3n) is 4.48. The Kier molecular flexibility index (Phi) is 3.94. The van der Waals surface area contributed by atoms with Gasteiger partial charge in [-0.25, -0.2) is 4.98 Å². The zero-order valence-corrected chi connectivity index (χ0v) is 15.3. The fourth-order valence-corrected chi connectivity index (χ4v) is 3.09. The van der Waals surface area contributed by atoms with Gasteiger partial charge in [-0.1, -0.05) is 23.4 Å². The summed E-state index contributed by atoms with van der Waals surface area (Å²) >= 11 is 0. The Morgan fingerprint density at radius 3 is 2.93 bits per heavy atom. The molecule has 0 atom stereocenters. The second-order valence-electron chi connectivity index (χ2n) is 6.56. The number of anilines is 1. The third kappa shape index (κ3) is 3.16. The Hall–Kier alpha value is -4.20. The van der Waals surface area contributed by atoms with E-state index in [1.807, 2.05) is 43.3 Å². The zero-order chi connectivity index (χ0) is 19.8. The van der Waals surface area contributed by atoms with E-state index in [4.69, 9.17) is 8.94 Å². The number of hydrogen-bond donors (Lipinski definition) is 2. The number of hydrogen-bond acceptors (Lipinski definition) is 6. The van der Waals surface area contributed by atoms with Gasteiger partial charge < -0.3 is 14.3 Å². The van der Waals surface area contributed by atoms with E-state index < -0.39 is 0 Å². The Morgan fingerprint density at radius 2 is 2.07 bits per heavy atom. The molecule has 0 fully saturated rings. The van der Waals surface area contributed by atoms with Crippen LogP contribution < -0.4 is 5.32 Å². The van der Waals surface area contributed by atoms with Crippen LogP contribution in [0.5, 0.6) is 0 Å². The monoisotopic (exact) mass is 385 g/mol. The maximum atomic E-state index is 12.2. The predicted molar refractivity (Wildman–Crippen MR) is 106 cm³/mol. The third-order valence-corrected chi connectivity index (χ3v) is 4.48. The average Bonchev–Trinajstić information content (AvgIpc) is 3.47. The molecule has 0 aliphatic carbocycles. The van der Waals surface area contributed by atoms with Crippen LogP contribution in [0.4, 0.5) is 5.69 Å². The smallest absolute Gasteiger partial charge is 0.294 e. The fourth-order valence-electron chi connectivity index (χ4n) is 3.09. The number of benzene rings is 2. The summed E-state index contributed by atoms with van der Waals surface area (Å²) in [4.78, 5) is 16.8. The molecular formula is C21H15N5O3. The van der Waals surface area contributed by atoms with E-state index in [-0.39, 0.29) is 11.7 Å². The number of aryl methyl sites for hydroxylation is 1. The van der Waals surface area contributed by atoms with Crippen LogP contribution in [0.15, 0.2) is 69.9 Å². The van der Waals surface area contributed by atoms with E-state index in [0.29, 0.717) is 11.6 Å². The molecular weight excluding hydrogens is 370 g/mol. The standard InChI is InChI=1S/C21H15N5O3/c1-12-5-6-16-18(9-12)28-21(25-16)15-11-22-26-19(15)13-3-2-4-14(10-13)24-20(27)17-7-8-23-29-17/h2-11H,1H3,(H,22,26)(H,24,27). The minimum absolute atomic E-state index is 0.138. The maximum absolute atomic E-state index is 12.2. The van der Waals surface area contributed by atoms with Crippen molar-refractivity contribution in [3.05, 3.63) is 72.2 Å². The number of fused-ring (bicyclic) bond motifs is 1. The summed E-state index contributed by atoms with van der Waals surface area (Å²) in [7, 11) is 0. The molecule has 0 saturated heterocycles. The van der Waals surface area contributed by atoms with E-state index >= 15 is 0 Å². The number of nitrogens with zero attached hydrogens (tertiary/aromatic N) is 3. The zero-order valence-electron chi connectivity index (χ0n) is 15.3. The van der Waals surface area contributed by atoms with Crippen molar-refractivity contribution in [1.82, 2.24) is 20.3 Å². The van der Waals surface area contributed by atoms with Crippen LogP contribution in [0.1, 0.15) is 16.1 Å². The molecule has 5 rings (SSSR count). The van der Waals surface area contributed by atoms with Crippen LogP contribution in [0.25, 0.3) is 33.8 Å². The second kappa shape index (κ2) is 6.75. The lowest BCUT2D eigenvalue weighted by atomic mass is 10.1. The van der Waals surface area contributed by atoms with Gasteiger partial charge in [-0.3, -0.25) is 9.89 Å². The van der Waals surface area contributed by atoms with Crippen molar-refractivity contribution in [2.24, 2.45) is 0 Å². The molecule has 0 aliphatic heterocycles. The fraction of sp³-hybridized carbons (Fsp3) is 0.0476. The number of carbonyl (C=O) groups is 1. The molecule has 2 N–H and O–H groups in total. The van der Waals surface area contributed by atoms with Crippen molar-refractivity contribution in [3.63, 3.8) is 0 Å². The first-order valence-corrected chi connectivity index (χ1v) is 8.91. The molecule has 0 radical (unpaired) electrons. The van der Waals surface area contributed by atoms with Crippen LogP contribution in [0.3, 0.4) is 0 Å². The second-order valence-corrected chi connectivity index (χ2v) is 6.56. The van der Waals surface area contributed by atoms with Gasteiger partial charge in [-0.15, -0.1) is 0 Å². The first-order chi connectivity index (χ1) is 14.2. The van der Waals surface area contributed by atoms with Crippen molar-refractivity contribution in [1.29, 1.82) is 0 Å². The van der Waals surface area contributed by atoms with Crippen molar-refractivity contribution < 1.29 is 13.7 Å². The number of aromatic amines is 1. The van der Waals surface area contributed by atoms with Gasteiger partial charge in [0.15, 0.2) is 5.58 Å². The SMILES string of the molecule is Cc1ccc2nc(-c3cn[nH]c3-c3cccc(NC(=O)c4ccno4)c3)oc2c1. The molecule has 8 nitrogen and oxygen atoms in total. The molecule has 3 aromatic heterocycles. The highest BCUT2D eigenvalue weighted by Crippen LogP contribution is 2.33. The van der Waals surface area contributed by atoms with Crippen molar-refractivity contribution >= 4 is 22.7 Å². The Balaban J connectivity index is 1.49. The van der Waals surface area contributed by atoms with Gasteiger partial charge in [-0.05, 0) is 36.8 Å². The van der Waals surface area contributed by atoms with Gasteiger partial charge in [0, 0.05) is 17.3 Å². The minimum Gasteiger partial charge on any atom is -0.436 e. The molecule has 0 aliphatic rings. The molecule has 0 spiro atoms. The van der Waals surface area contributed by atoms with Gasteiger partial charge in [-0.2, -0.15) is 5.10 Å². The number of H-pyrrole nitrogens is 1. The van der Waals surface area contributed by atoms with E-state index in [1.165, 1.54) is 12.3 Å². The van der Waals surface area contributed by atoms with Gasteiger partial charge >= 0.3 is 0 Å².